The van der Waals surface area contributed by atoms with E-state index in [1.807, 2.05) is 0 Å². The highest BCUT2D eigenvalue weighted by Crippen LogP contribution is 2.33. The third-order valence-electron chi connectivity index (χ3n) is 3.84. The summed E-state index contributed by atoms with van der Waals surface area (Å²) in [6.07, 6.45) is -0.806. The zero-order valence-corrected chi connectivity index (χ0v) is 12.3. The van der Waals surface area contributed by atoms with E-state index >= 15 is 0 Å². The molecule has 0 amide bonds. The van der Waals surface area contributed by atoms with Gasteiger partial charge in [0.15, 0.2) is 0 Å². The Morgan fingerprint density at radius 3 is 2.25 bits per heavy atom. The minimum Gasteiger partial charge on any atom is -0.329 e. The standard InChI is InChI=1S/C11H22F3N3O2S/c1-2-9-3-5-10(7-15,6-4-9)17-20(18,19)16-8-11(12,13)14/h9,16-17H,2-8,15H2,1H3. The first-order valence-electron chi connectivity index (χ1n) is 6.67. The van der Waals surface area contributed by atoms with Gasteiger partial charge < -0.3 is 5.73 Å². The molecule has 0 aliphatic heterocycles. The van der Waals surface area contributed by atoms with Crippen LogP contribution in [0, 0.1) is 5.92 Å². The molecule has 1 saturated carbocycles. The fourth-order valence-electron chi connectivity index (χ4n) is 2.48. The van der Waals surface area contributed by atoms with E-state index in [-0.39, 0.29) is 6.54 Å². The van der Waals surface area contributed by atoms with E-state index in [0.717, 1.165) is 19.3 Å². The van der Waals surface area contributed by atoms with Gasteiger partial charge in [0.25, 0.3) is 10.2 Å². The molecule has 1 aliphatic rings. The summed E-state index contributed by atoms with van der Waals surface area (Å²) in [6, 6.07) is 0. The van der Waals surface area contributed by atoms with Gasteiger partial charge in [-0.15, -0.1) is 0 Å². The number of alkyl halides is 3. The predicted octanol–water partition coefficient (Wildman–Crippen LogP) is 1.27. The molecule has 1 rings (SSSR count). The maximum absolute atomic E-state index is 12.1. The Hall–Kier alpha value is -0.380. The lowest BCUT2D eigenvalue weighted by Gasteiger charge is -2.39. The Morgan fingerprint density at radius 1 is 1.30 bits per heavy atom. The van der Waals surface area contributed by atoms with Crippen molar-refractivity contribution in [3.05, 3.63) is 0 Å². The molecule has 9 heteroatoms. The summed E-state index contributed by atoms with van der Waals surface area (Å²) >= 11 is 0. The fraction of sp³-hybridized carbons (Fsp3) is 1.00. The molecule has 0 aromatic carbocycles. The minimum atomic E-state index is -4.58. The van der Waals surface area contributed by atoms with Gasteiger partial charge in [0.05, 0.1) is 0 Å². The zero-order chi connectivity index (χ0) is 15.4. The molecule has 1 aliphatic carbocycles. The van der Waals surface area contributed by atoms with Gasteiger partial charge in [-0.3, -0.25) is 0 Å². The van der Waals surface area contributed by atoms with Crippen molar-refractivity contribution in [2.24, 2.45) is 11.7 Å². The average Bonchev–Trinajstić information content (AvgIpc) is 2.36. The molecular weight excluding hydrogens is 295 g/mol. The molecule has 120 valence electrons. The van der Waals surface area contributed by atoms with Crippen LogP contribution in [0.2, 0.25) is 0 Å². The molecule has 4 N–H and O–H groups in total. The minimum absolute atomic E-state index is 0.0797. The van der Waals surface area contributed by atoms with Gasteiger partial charge >= 0.3 is 6.18 Å². The molecule has 1 fully saturated rings. The average molecular weight is 317 g/mol. The first-order chi connectivity index (χ1) is 9.11. The molecule has 0 saturated heterocycles. The summed E-state index contributed by atoms with van der Waals surface area (Å²) in [7, 11) is -4.21. The van der Waals surface area contributed by atoms with Gasteiger partial charge in [-0.1, -0.05) is 13.3 Å². The molecule has 20 heavy (non-hydrogen) atoms. The Kier molecular flexibility index (Phi) is 5.82. The summed E-state index contributed by atoms with van der Waals surface area (Å²) in [5.74, 6) is 0.530. The monoisotopic (exact) mass is 317 g/mol. The smallest absolute Gasteiger partial charge is 0.329 e. The number of nitrogens with one attached hydrogen (secondary N) is 2. The van der Waals surface area contributed by atoms with Gasteiger partial charge in [0, 0.05) is 12.1 Å². The molecule has 0 atom stereocenters. The van der Waals surface area contributed by atoms with Gasteiger partial charge in [0.2, 0.25) is 0 Å². The quantitative estimate of drug-likeness (QED) is 0.690. The molecule has 0 bridgehead atoms. The van der Waals surface area contributed by atoms with Crippen LogP contribution in [0.15, 0.2) is 0 Å². The van der Waals surface area contributed by atoms with E-state index in [2.05, 4.69) is 11.6 Å². The number of rotatable bonds is 6. The van der Waals surface area contributed by atoms with E-state index < -0.39 is 28.5 Å². The van der Waals surface area contributed by atoms with Crippen molar-refractivity contribution in [1.82, 2.24) is 9.44 Å². The second kappa shape index (κ2) is 6.59. The fourth-order valence-corrected chi connectivity index (χ4v) is 3.77. The maximum Gasteiger partial charge on any atom is 0.402 e. The summed E-state index contributed by atoms with van der Waals surface area (Å²) in [6.45, 7) is 0.562. The van der Waals surface area contributed by atoms with Crippen molar-refractivity contribution in [2.45, 2.75) is 50.7 Å². The normalized spacial score (nSPS) is 28.6. The zero-order valence-electron chi connectivity index (χ0n) is 11.5. The third-order valence-corrected chi connectivity index (χ3v) is 5.07. The maximum atomic E-state index is 12.1. The summed E-state index contributed by atoms with van der Waals surface area (Å²) in [5.41, 5.74) is 4.81. The van der Waals surface area contributed by atoms with E-state index in [9.17, 15) is 21.6 Å². The van der Waals surface area contributed by atoms with Crippen LogP contribution in [0.4, 0.5) is 13.2 Å². The van der Waals surface area contributed by atoms with Crippen molar-refractivity contribution in [3.63, 3.8) is 0 Å². The number of halogens is 3. The van der Waals surface area contributed by atoms with Gasteiger partial charge in [-0.05, 0) is 31.6 Å². The highest BCUT2D eigenvalue weighted by molar-refractivity contribution is 7.87. The SMILES string of the molecule is CCC1CCC(CN)(NS(=O)(=O)NCC(F)(F)F)CC1. The summed E-state index contributed by atoms with van der Waals surface area (Å²) in [4.78, 5) is 0. The van der Waals surface area contributed by atoms with Crippen LogP contribution in [0.3, 0.4) is 0 Å². The highest BCUT2D eigenvalue weighted by atomic mass is 32.2. The molecule has 0 heterocycles. The van der Waals surface area contributed by atoms with Crippen LogP contribution in [0.25, 0.3) is 0 Å². The van der Waals surface area contributed by atoms with Crippen LogP contribution < -0.4 is 15.2 Å². The Bertz CT molecular complexity index is 404. The molecule has 0 spiro atoms. The topological polar surface area (TPSA) is 84.2 Å². The molecule has 0 unspecified atom stereocenters. The van der Waals surface area contributed by atoms with Gasteiger partial charge in [0.1, 0.15) is 6.54 Å². The second-order valence-electron chi connectivity index (χ2n) is 5.38. The van der Waals surface area contributed by atoms with Crippen LogP contribution in [0.1, 0.15) is 39.0 Å². The van der Waals surface area contributed by atoms with E-state index in [1.165, 1.54) is 4.72 Å². The summed E-state index contributed by atoms with van der Waals surface area (Å²) < 4.78 is 63.4. The Morgan fingerprint density at radius 2 is 1.85 bits per heavy atom. The molecule has 5 nitrogen and oxygen atoms in total. The van der Waals surface area contributed by atoms with E-state index in [1.54, 1.807) is 0 Å². The Balaban J connectivity index is 2.64. The number of nitrogens with two attached hydrogens (primary N) is 1. The third kappa shape index (κ3) is 5.55. The van der Waals surface area contributed by atoms with Crippen molar-refractivity contribution in [1.29, 1.82) is 0 Å². The lowest BCUT2D eigenvalue weighted by molar-refractivity contribution is -0.121. The predicted molar refractivity (Wildman–Crippen MR) is 70.1 cm³/mol. The largest absolute Gasteiger partial charge is 0.402 e. The molecule has 0 aromatic rings. The first kappa shape index (κ1) is 17.7. The highest BCUT2D eigenvalue weighted by Gasteiger charge is 2.38. The number of hydrogen-bond donors (Lipinski definition) is 3. The van der Waals surface area contributed by atoms with Crippen LogP contribution in [-0.2, 0) is 10.2 Å². The van der Waals surface area contributed by atoms with Crippen molar-refractivity contribution in [3.8, 4) is 0 Å². The molecule has 0 aromatic heterocycles. The Labute approximate surface area is 117 Å². The second-order valence-corrected chi connectivity index (χ2v) is 6.88. The van der Waals surface area contributed by atoms with Crippen LogP contribution >= 0.6 is 0 Å². The van der Waals surface area contributed by atoms with Crippen molar-refractivity contribution in [2.75, 3.05) is 13.1 Å². The lowest BCUT2D eigenvalue weighted by atomic mass is 9.76. The van der Waals surface area contributed by atoms with E-state index in [4.69, 9.17) is 5.73 Å². The molecular formula is C11H22F3N3O2S. The van der Waals surface area contributed by atoms with Crippen LogP contribution in [-0.4, -0.2) is 33.2 Å². The van der Waals surface area contributed by atoms with Crippen molar-refractivity contribution < 1.29 is 21.6 Å². The van der Waals surface area contributed by atoms with Crippen LogP contribution in [0.5, 0.6) is 0 Å². The first-order valence-corrected chi connectivity index (χ1v) is 8.15. The van der Waals surface area contributed by atoms with Gasteiger partial charge in [-0.2, -0.15) is 31.0 Å². The molecule has 0 radical (unpaired) electrons. The van der Waals surface area contributed by atoms with Gasteiger partial charge in [-0.25, -0.2) is 0 Å². The van der Waals surface area contributed by atoms with Crippen molar-refractivity contribution >= 4 is 10.2 Å². The van der Waals surface area contributed by atoms with E-state index in [0.29, 0.717) is 18.8 Å². The number of hydrogen-bond acceptors (Lipinski definition) is 3. The summed E-state index contributed by atoms with van der Waals surface area (Å²) in [5, 5.41) is 0. The lowest BCUT2D eigenvalue weighted by Crippen LogP contribution is -2.58.